The summed E-state index contributed by atoms with van der Waals surface area (Å²) in [6.07, 6.45) is 0.824. The van der Waals surface area contributed by atoms with Crippen molar-refractivity contribution in [3.63, 3.8) is 0 Å². The van der Waals surface area contributed by atoms with E-state index >= 15 is 0 Å². The molecule has 0 spiro atoms. The highest BCUT2D eigenvalue weighted by Crippen LogP contribution is 2.19. The van der Waals surface area contributed by atoms with Gasteiger partial charge in [0.15, 0.2) is 0 Å². The Morgan fingerprint density at radius 2 is 2.00 bits per heavy atom. The molecule has 0 aliphatic carbocycles. The Hall–Kier alpha value is -0.830. The van der Waals surface area contributed by atoms with Crippen molar-refractivity contribution in [3.8, 4) is 0 Å². The summed E-state index contributed by atoms with van der Waals surface area (Å²) in [6, 6.07) is 10.1. The summed E-state index contributed by atoms with van der Waals surface area (Å²) in [4.78, 5) is 12.0. The van der Waals surface area contributed by atoms with Gasteiger partial charge in [-0.15, -0.1) is 0 Å². The van der Waals surface area contributed by atoms with Crippen molar-refractivity contribution in [3.05, 3.63) is 35.9 Å². The van der Waals surface area contributed by atoms with Gasteiger partial charge in [0.05, 0.1) is 5.92 Å². The van der Waals surface area contributed by atoms with Crippen LogP contribution >= 0.6 is 15.9 Å². The van der Waals surface area contributed by atoms with Crippen molar-refractivity contribution in [2.45, 2.75) is 32.2 Å². The molecule has 0 fully saturated rings. The molecule has 1 rings (SSSR count). The number of carbonyl (C=O) groups is 1. The van der Waals surface area contributed by atoms with E-state index in [1.807, 2.05) is 44.2 Å². The molecule has 1 aromatic carbocycles. The van der Waals surface area contributed by atoms with Gasteiger partial charge in [0, 0.05) is 11.4 Å². The van der Waals surface area contributed by atoms with E-state index in [0.717, 1.165) is 17.3 Å². The van der Waals surface area contributed by atoms with Gasteiger partial charge >= 0.3 is 0 Å². The molecule has 2 unspecified atom stereocenters. The maximum Gasteiger partial charge on any atom is 0.227 e. The summed E-state index contributed by atoms with van der Waals surface area (Å²) >= 11 is 3.36. The molecule has 0 heterocycles. The largest absolute Gasteiger partial charge is 0.352 e. The van der Waals surface area contributed by atoms with Gasteiger partial charge < -0.3 is 5.32 Å². The molecule has 2 nitrogen and oxygen atoms in total. The molecule has 1 amide bonds. The quantitative estimate of drug-likeness (QED) is 0.827. The van der Waals surface area contributed by atoms with Crippen molar-refractivity contribution in [1.82, 2.24) is 5.32 Å². The molecule has 0 radical (unpaired) electrons. The highest BCUT2D eigenvalue weighted by Gasteiger charge is 2.19. The van der Waals surface area contributed by atoms with Gasteiger partial charge in [0.2, 0.25) is 5.91 Å². The van der Waals surface area contributed by atoms with Crippen LogP contribution in [0.15, 0.2) is 30.3 Å². The Labute approximate surface area is 106 Å². The van der Waals surface area contributed by atoms with Crippen LogP contribution in [0.4, 0.5) is 0 Å². The number of hydrogen-bond acceptors (Lipinski definition) is 1. The van der Waals surface area contributed by atoms with Crippen LogP contribution in [0, 0.1) is 0 Å². The summed E-state index contributed by atoms with van der Waals surface area (Å²) in [5.41, 5.74) is 1.09. The van der Waals surface area contributed by atoms with E-state index in [2.05, 4.69) is 21.2 Å². The van der Waals surface area contributed by atoms with Crippen LogP contribution in [0.25, 0.3) is 0 Å². The Balaban J connectivity index is 2.71. The lowest BCUT2D eigenvalue weighted by molar-refractivity contribution is -0.123. The van der Waals surface area contributed by atoms with Gasteiger partial charge in [-0.3, -0.25) is 4.79 Å². The third kappa shape index (κ3) is 3.63. The molecule has 1 aromatic rings. The molecule has 0 aromatic heterocycles. The Kier molecular flexibility index (Phi) is 5.53. The standard InChI is InChI=1S/C13H18BrNO/c1-3-12(11-7-5-4-6-8-11)13(16)15-10(2)9-14/h4-8,10,12H,3,9H2,1-2H3,(H,15,16). The third-order valence-electron chi connectivity index (χ3n) is 2.55. The predicted molar refractivity (Wildman–Crippen MR) is 70.9 cm³/mol. The van der Waals surface area contributed by atoms with Gasteiger partial charge in [-0.1, -0.05) is 53.2 Å². The van der Waals surface area contributed by atoms with Gasteiger partial charge in [-0.25, -0.2) is 0 Å². The first-order valence-electron chi connectivity index (χ1n) is 5.60. The molecule has 16 heavy (non-hydrogen) atoms. The third-order valence-corrected chi connectivity index (χ3v) is 3.52. The normalized spacial score (nSPS) is 14.2. The van der Waals surface area contributed by atoms with E-state index in [1.165, 1.54) is 0 Å². The number of nitrogens with one attached hydrogen (secondary N) is 1. The first-order chi connectivity index (χ1) is 7.69. The average molecular weight is 284 g/mol. The Morgan fingerprint density at radius 3 is 2.50 bits per heavy atom. The highest BCUT2D eigenvalue weighted by atomic mass is 79.9. The van der Waals surface area contributed by atoms with E-state index in [9.17, 15) is 4.79 Å². The van der Waals surface area contributed by atoms with Crippen molar-refractivity contribution in [1.29, 1.82) is 0 Å². The maximum atomic E-state index is 12.0. The summed E-state index contributed by atoms with van der Waals surface area (Å²) in [5, 5.41) is 3.77. The van der Waals surface area contributed by atoms with Crippen molar-refractivity contribution >= 4 is 21.8 Å². The number of rotatable bonds is 5. The topological polar surface area (TPSA) is 29.1 Å². The second kappa shape index (κ2) is 6.69. The second-order valence-electron chi connectivity index (χ2n) is 3.94. The van der Waals surface area contributed by atoms with E-state index in [-0.39, 0.29) is 17.9 Å². The Bertz CT molecular complexity index is 326. The molecule has 0 saturated carbocycles. The molecule has 0 aliphatic heterocycles. The lowest BCUT2D eigenvalue weighted by Gasteiger charge is -2.18. The lowest BCUT2D eigenvalue weighted by atomic mass is 9.95. The zero-order valence-electron chi connectivity index (χ0n) is 9.74. The first kappa shape index (κ1) is 13.2. The van der Waals surface area contributed by atoms with E-state index in [4.69, 9.17) is 0 Å². The monoisotopic (exact) mass is 283 g/mol. The SMILES string of the molecule is CCC(C(=O)NC(C)CBr)c1ccccc1. The van der Waals surface area contributed by atoms with Crippen LogP contribution in [-0.2, 0) is 4.79 Å². The van der Waals surface area contributed by atoms with Crippen molar-refractivity contribution < 1.29 is 4.79 Å². The van der Waals surface area contributed by atoms with Gasteiger partial charge in [-0.05, 0) is 18.9 Å². The molecule has 1 N–H and O–H groups in total. The van der Waals surface area contributed by atoms with Crippen LogP contribution in [0.2, 0.25) is 0 Å². The number of benzene rings is 1. The molecule has 0 saturated heterocycles. The number of alkyl halides is 1. The van der Waals surface area contributed by atoms with Gasteiger partial charge in [-0.2, -0.15) is 0 Å². The van der Waals surface area contributed by atoms with E-state index in [1.54, 1.807) is 0 Å². The van der Waals surface area contributed by atoms with Crippen LogP contribution in [-0.4, -0.2) is 17.3 Å². The van der Waals surface area contributed by atoms with E-state index in [0.29, 0.717) is 0 Å². The summed E-state index contributed by atoms with van der Waals surface area (Å²) in [7, 11) is 0. The molecule has 0 bridgehead atoms. The van der Waals surface area contributed by atoms with Crippen molar-refractivity contribution in [2.24, 2.45) is 0 Å². The first-order valence-corrected chi connectivity index (χ1v) is 6.72. The predicted octanol–water partition coefficient (Wildman–Crippen LogP) is 3.08. The van der Waals surface area contributed by atoms with Crippen LogP contribution < -0.4 is 5.32 Å². The van der Waals surface area contributed by atoms with E-state index < -0.39 is 0 Å². The van der Waals surface area contributed by atoms with Gasteiger partial charge in [0.1, 0.15) is 0 Å². The maximum absolute atomic E-state index is 12.0. The van der Waals surface area contributed by atoms with Crippen LogP contribution in [0.1, 0.15) is 31.7 Å². The summed E-state index contributed by atoms with van der Waals surface area (Å²) < 4.78 is 0. The fourth-order valence-electron chi connectivity index (χ4n) is 1.64. The number of hydrogen-bond donors (Lipinski definition) is 1. The molecule has 3 heteroatoms. The highest BCUT2D eigenvalue weighted by molar-refractivity contribution is 9.09. The lowest BCUT2D eigenvalue weighted by Crippen LogP contribution is -2.37. The number of halogens is 1. The minimum atomic E-state index is -0.0392. The molecular weight excluding hydrogens is 266 g/mol. The van der Waals surface area contributed by atoms with Crippen LogP contribution in [0.5, 0.6) is 0 Å². The minimum absolute atomic E-state index is 0.0392. The van der Waals surface area contributed by atoms with Gasteiger partial charge in [0.25, 0.3) is 0 Å². The summed E-state index contributed by atoms with van der Waals surface area (Å²) in [6.45, 7) is 4.03. The molecule has 2 atom stereocenters. The molecular formula is C13H18BrNO. The smallest absolute Gasteiger partial charge is 0.227 e. The second-order valence-corrected chi connectivity index (χ2v) is 4.58. The number of amides is 1. The zero-order valence-corrected chi connectivity index (χ0v) is 11.3. The van der Waals surface area contributed by atoms with Crippen LogP contribution in [0.3, 0.4) is 0 Å². The summed E-state index contributed by atoms with van der Waals surface area (Å²) in [5.74, 6) is 0.0725. The zero-order chi connectivity index (χ0) is 12.0. The Morgan fingerprint density at radius 1 is 1.38 bits per heavy atom. The molecule has 0 aliphatic rings. The molecule has 88 valence electrons. The van der Waals surface area contributed by atoms with Crippen molar-refractivity contribution in [2.75, 3.05) is 5.33 Å². The average Bonchev–Trinajstić information content (AvgIpc) is 2.31. The number of carbonyl (C=O) groups excluding carboxylic acids is 1. The fourth-order valence-corrected chi connectivity index (χ4v) is 1.80. The minimum Gasteiger partial charge on any atom is -0.352 e. The fraction of sp³-hybridized carbons (Fsp3) is 0.462.